The highest BCUT2D eigenvalue weighted by molar-refractivity contribution is 5.19. The molecule has 0 fully saturated rings. The molecule has 0 radical (unpaired) electrons. The van der Waals surface area contributed by atoms with Gasteiger partial charge in [-0.25, -0.2) is 4.98 Å². The van der Waals surface area contributed by atoms with E-state index in [1.165, 1.54) is 18.3 Å². The van der Waals surface area contributed by atoms with Gasteiger partial charge in [0.2, 0.25) is 5.95 Å². The Hall–Kier alpha value is -1.00. The van der Waals surface area contributed by atoms with Crippen molar-refractivity contribution >= 4 is 0 Å². The smallest absolute Gasteiger partial charge is 0.212 e. The summed E-state index contributed by atoms with van der Waals surface area (Å²) >= 11 is 0. The van der Waals surface area contributed by atoms with Gasteiger partial charge in [-0.1, -0.05) is 6.07 Å². The molecule has 3 N–H and O–H groups in total. The minimum Gasteiger partial charge on any atom is -0.394 e. The SMILES string of the molecule is C[C@@](N)(CO)c1ccc(F)nc1. The van der Waals surface area contributed by atoms with E-state index in [2.05, 4.69) is 4.98 Å². The first-order valence-electron chi connectivity index (χ1n) is 3.58. The zero-order valence-corrected chi connectivity index (χ0v) is 6.79. The Labute approximate surface area is 70.0 Å². The molecular weight excluding hydrogens is 159 g/mol. The molecule has 0 saturated heterocycles. The molecule has 66 valence electrons. The van der Waals surface area contributed by atoms with Crippen molar-refractivity contribution in [3.8, 4) is 0 Å². The Balaban J connectivity index is 2.96. The summed E-state index contributed by atoms with van der Waals surface area (Å²) in [6.07, 6.45) is 1.32. The lowest BCUT2D eigenvalue weighted by molar-refractivity contribution is 0.209. The zero-order chi connectivity index (χ0) is 9.19. The third-order valence-corrected chi connectivity index (χ3v) is 1.72. The van der Waals surface area contributed by atoms with Gasteiger partial charge in [0.1, 0.15) is 0 Å². The van der Waals surface area contributed by atoms with Gasteiger partial charge in [-0.3, -0.25) is 0 Å². The number of rotatable bonds is 2. The first-order chi connectivity index (χ1) is 5.56. The molecular formula is C8H11FN2O. The summed E-state index contributed by atoms with van der Waals surface area (Å²) in [4.78, 5) is 3.44. The Kier molecular flexibility index (Phi) is 2.40. The number of nitrogens with zero attached hydrogens (tertiary/aromatic N) is 1. The Morgan fingerprint density at radius 2 is 2.33 bits per heavy atom. The number of hydrogen-bond acceptors (Lipinski definition) is 3. The Bertz CT molecular complexity index is 258. The molecule has 1 atom stereocenters. The normalized spacial score (nSPS) is 15.7. The predicted molar refractivity (Wildman–Crippen MR) is 42.8 cm³/mol. The fraction of sp³-hybridized carbons (Fsp3) is 0.375. The van der Waals surface area contributed by atoms with Crippen molar-refractivity contribution in [3.63, 3.8) is 0 Å². The van der Waals surface area contributed by atoms with Gasteiger partial charge in [0.25, 0.3) is 0 Å². The van der Waals surface area contributed by atoms with Crippen LogP contribution in [0.4, 0.5) is 4.39 Å². The second-order valence-corrected chi connectivity index (χ2v) is 2.95. The quantitative estimate of drug-likeness (QED) is 0.631. The molecule has 1 aromatic heterocycles. The van der Waals surface area contributed by atoms with Gasteiger partial charge < -0.3 is 10.8 Å². The minimum atomic E-state index is -0.847. The molecule has 0 amide bonds. The summed E-state index contributed by atoms with van der Waals surface area (Å²) in [6, 6.07) is 2.73. The maximum absolute atomic E-state index is 12.4. The van der Waals surface area contributed by atoms with Crippen LogP contribution in [-0.2, 0) is 5.54 Å². The van der Waals surface area contributed by atoms with E-state index in [0.717, 1.165) is 0 Å². The Morgan fingerprint density at radius 3 is 2.75 bits per heavy atom. The third-order valence-electron chi connectivity index (χ3n) is 1.72. The minimum absolute atomic E-state index is 0.194. The van der Waals surface area contributed by atoms with E-state index < -0.39 is 11.5 Å². The molecule has 1 aromatic rings. The second kappa shape index (κ2) is 3.16. The van der Waals surface area contributed by atoms with Crippen LogP contribution in [0.2, 0.25) is 0 Å². The zero-order valence-electron chi connectivity index (χ0n) is 6.79. The first kappa shape index (κ1) is 9.09. The molecule has 0 aliphatic carbocycles. The molecule has 0 aliphatic rings. The van der Waals surface area contributed by atoms with Crippen LogP contribution in [0.25, 0.3) is 0 Å². The van der Waals surface area contributed by atoms with Gasteiger partial charge in [-0.15, -0.1) is 0 Å². The molecule has 12 heavy (non-hydrogen) atoms. The number of pyridine rings is 1. The lowest BCUT2D eigenvalue weighted by Crippen LogP contribution is -2.37. The molecule has 0 unspecified atom stereocenters. The largest absolute Gasteiger partial charge is 0.394 e. The summed E-state index contributed by atoms with van der Waals surface area (Å²) in [5.74, 6) is -0.549. The highest BCUT2D eigenvalue weighted by Crippen LogP contribution is 2.15. The number of nitrogens with two attached hydrogens (primary N) is 1. The van der Waals surface area contributed by atoms with Gasteiger partial charge >= 0.3 is 0 Å². The van der Waals surface area contributed by atoms with Crippen molar-refractivity contribution in [3.05, 3.63) is 29.8 Å². The van der Waals surface area contributed by atoms with Crippen LogP contribution in [0.5, 0.6) is 0 Å². The number of halogens is 1. The van der Waals surface area contributed by atoms with Crippen molar-refractivity contribution < 1.29 is 9.50 Å². The topological polar surface area (TPSA) is 59.1 Å². The van der Waals surface area contributed by atoms with Gasteiger partial charge in [0.05, 0.1) is 12.1 Å². The van der Waals surface area contributed by atoms with Crippen molar-refractivity contribution in [1.82, 2.24) is 4.98 Å². The van der Waals surface area contributed by atoms with Crippen molar-refractivity contribution in [1.29, 1.82) is 0 Å². The highest BCUT2D eigenvalue weighted by Gasteiger charge is 2.19. The Morgan fingerprint density at radius 1 is 1.67 bits per heavy atom. The number of aromatic nitrogens is 1. The molecule has 4 heteroatoms. The van der Waals surface area contributed by atoms with Crippen LogP contribution in [-0.4, -0.2) is 16.7 Å². The number of aliphatic hydroxyl groups excluding tert-OH is 1. The second-order valence-electron chi connectivity index (χ2n) is 2.95. The number of aliphatic hydroxyl groups is 1. The lowest BCUT2D eigenvalue weighted by Gasteiger charge is -2.21. The van der Waals surface area contributed by atoms with E-state index in [4.69, 9.17) is 10.8 Å². The molecule has 0 spiro atoms. The maximum atomic E-state index is 12.4. The van der Waals surface area contributed by atoms with Gasteiger partial charge in [-0.2, -0.15) is 4.39 Å². The van der Waals surface area contributed by atoms with Gasteiger partial charge in [0, 0.05) is 6.20 Å². The molecule has 0 bridgehead atoms. The van der Waals surface area contributed by atoms with E-state index in [1.807, 2.05) is 0 Å². The van der Waals surface area contributed by atoms with Gasteiger partial charge in [-0.05, 0) is 18.6 Å². The molecule has 1 heterocycles. The molecule has 3 nitrogen and oxygen atoms in total. The van der Waals surface area contributed by atoms with Crippen LogP contribution in [0.15, 0.2) is 18.3 Å². The van der Waals surface area contributed by atoms with Crippen molar-refractivity contribution in [2.24, 2.45) is 5.73 Å². The van der Waals surface area contributed by atoms with Crippen LogP contribution in [0.3, 0.4) is 0 Å². The summed E-state index contributed by atoms with van der Waals surface area (Å²) in [7, 11) is 0. The third kappa shape index (κ3) is 1.78. The van der Waals surface area contributed by atoms with E-state index in [9.17, 15) is 4.39 Å². The molecule has 0 aliphatic heterocycles. The molecule has 0 saturated carbocycles. The van der Waals surface area contributed by atoms with Crippen molar-refractivity contribution in [2.75, 3.05) is 6.61 Å². The fourth-order valence-electron chi connectivity index (χ4n) is 0.805. The monoisotopic (exact) mass is 170 g/mol. The van der Waals surface area contributed by atoms with E-state index in [0.29, 0.717) is 5.56 Å². The van der Waals surface area contributed by atoms with E-state index in [1.54, 1.807) is 6.92 Å². The average molecular weight is 170 g/mol. The average Bonchev–Trinajstić information content (AvgIpc) is 2.05. The van der Waals surface area contributed by atoms with Crippen LogP contribution >= 0.6 is 0 Å². The van der Waals surface area contributed by atoms with E-state index >= 15 is 0 Å². The standard InChI is InChI=1S/C8H11FN2O/c1-8(10,5-12)6-2-3-7(9)11-4-6/h2-4,12H,5,10H2,1H3/t8-/m1/s1. The van der Waals surface area contributed by atoms with Gasteiger partial charge in [0.15, 0.2) is 0 Å². The fourth-order valence-corrected chi connectivity index (χ4v) is 0.805. The summed E-state index contributed by atoms with van der Waals surface area (Å²) in [5.41, 5.74) is 5.45. The van der Waals surface area contributed by atoms with Crippen molar-refractivity contribution in [2.45, 2.75) is 12.5 Å². The summed E-state index contributed by atoms with van der Waals surface area (Å²) in [5, 5.41) is 8.87. The van der Waals surface area contributed by atoms with Crippen LogP contribution in [0.1, 0.15) is 12.5 Å². The van der Waals surface area contributed by atoms with E-state index in [-0.39, 0.29) is 6.61 Å². The summed E-state index contributed by atoms with van der Waals surface area (Å²) < 4.78 is 12.4. The first-order valence-corrected chi connectivity index (χ1v) is 3.58. The predicted octanol–water partition coefficient (Wildman–Crippen LogP) is 0.387. The lowest BCUT2D eigenvalue weighted by atomic mass is 9.96. The maximum Gasteiger partial charge on any atom is 0.212 e. The highest BCUT2D eigenvalue weighted by atomic mass is 19.1. The summed E-state index contributed by atoms with van der Waals surface area (Å²) in [6.45, 7) is 1.46. The molecule has 1 rings (SSSR count). The van der Waals surface area contributed by atoms with Crippen LogP contribution in [0, 0.1) is 5.95 Å². The number of hydrogen-bond donors (Lipinski definition) is 2. The molecule has 0 aromatic carbocycles. The van der Waals surface area contributed by atoms with Crippen LogP contribution < -0.4 is 5.73 Å².